The van der Waals surface area contributed by atoms with Crippen molar-refractivity contribution in [2.75, 3.05) is 12.4 Å². The van der Waals surface area contributed by atoms with Crippen LogP contribution in [0.4, 0.5) is 14.5 Å². The standard InChI is InChI=1S/C20H17F2NO3S/c1-12-16(10-15(27-12)11-26-25-2)13-6-8-14(9-7-13)23-20(24)19-17(21)4-3-5-18(19)22/h3-10H,11H2,1-2H3,(H,23,24). The molecule has 1 aromatic heterocycles. The zero-order valence-corrected chi connectivity index (χ0v) is 15.5. The van der Waals surface area contributed by atoms with Crippen LogP contribution in [0.5, 0.6) is 0 Å². The van der Waals surface area contributed by atoms with Gasteiger partial charge in [0.05, 0.1) is 7.11 Å². The number of thiophene rings is 1. The summed E-state index contributed by atoms with van der Waals surface area (Å²) in [5.74, 6) is -2.63. The van der Waals surface area contributed by atoms with E-state index in [9.17, 15) is 13.6 Å². The smallest absolute Gasteiger partial charge is 0.261 e. The summed E-state index contributed by atoms with van der Waals surface area (Å²) in [6.07, 6.45) is 0. The predicted molar refractivity (Wildman–Crippen MR) is 101 cm³/mol. The lowest BCUT2D eigenvalue weighted by Crippen LogP contribution is -2.15. The summed E-state index contributed by atoms with van der Waals surface area (Å²) in [5, 5.41) is 2.51. The molecule has 0 spiro atoms. The second kappa shape index (κ2) is 8.39. The first kappa shape index (κ1) is 19.2. The average Bonchev–Trinajstić information content (AvgIpc) is 3.01. The molecule has 0 unspecified atom stereocenters. The molecule has 0 saturated heterocycles. The molecule has 2 aromatic carbocycles. The Morgan fingerprint density at radius 1 is 1.11 bits per heavy atom. The maximum atomic E-state index is 13.7. The Labute approximate surface area is 159 Å². The molecule has 0 saturated carbocycles. The van der Waals surface area contributed by atoms with Crippen LogP contribution in [0, 0.1) is 18.6 Å². The molecular weight excluding hydrogens is 372 g/mol. The highest BCUT2D eigenvalue weighted by atomic mass is 32.1. The molecule has 7 heteroatoms. The Kier molecular flexibility index (Phi) is 5.95. The van der Waals surface area contributed by atoms with Gasteiger partial charge in [-0.05, 0) is 48.4 Å². The minimum absolute atomic E-state index is 0.365. The Morgan fingerprint density at radius 3 is 2.41 bits per heavy atom. The molecule has 3 aromatic rings. The number of carbonyl (C=O) groups excluding carboxylic acids is 1. The molecule has 27 heavy (non-hydrogen) atoms. The van der Waals surface area contributed by atoms with E-state index in [-0.39, 0.29) is 0 Å². The van der Waals surface area contributed by atoms with Gasteiger partial charge >= 0.3 is 0 Å². The Hall–Kier alpha value is -2.61. The van der Waals surface area contributed by atoms with Crippen LogP contribution in [-0.4, -0.2) is 13.0 Å². The van der Waals surface area contributed by atoms with E-state index in [2.05, 4.69) is 10.2 Å². The van der Waals surface area contributed by atoms with Crippen LogP contribution in [0.3, 0.4) is 0 Å². The fraction of sp³-hybridized carbons (Fsp3) is 0.150. The van der Waals surface area contributed by atoms with Crippen molar-refractivity contribution in [2.45, 2.75) is 13.5 Å². The highest BCUT2D eigenvalue weighted by molar-refractivity contribution is 7.12. The predicted octanol–water partition coefficient (Wildman–Crippen LogP) is 5.33. The third kappa shape index (κ3) is 4.39. The Balaban J connectivity index is 1.76. The summed E-state index contributed by atoms with van der Waals surface area (Å²) in [6, 6.07) is 12.4. The number of halogens is 2. The Bertz CT molecular complexity index is 934. The molecule has 0 atom stereocenters. The lowest BCUT2D eigenvalue weighted by Gasteiger charge is -2.08. The van der Waals surface area contributed by atoms with Crippen molar-refractivity contribution in [3.63, 3.8) is 0 Å². The summed E-state index contributed by atoms with van der Waals surface area (Å²) < 4.78 is 27.4. The summed E-state index contributed by atoms with van der Waals surface area (Å²) in [7, 11) is 1.46. The van der Waals surface area contributed by atoms with Crippen molar-refractivity contribution in [3.8, 4) is 11.1 Å². The summed E-state index contributed by atoms with van der Waals surface area (Å²) in [4.78, 5) is 23.9. The van der Waals surface area contributed by atoms with E-state index in [1.165, 1.54) is 13.2 Å². The lowest BCUT2D eigenvalue weighted by atomic mass is 10.1. The van der Waals surface area contributed by atoms with E-state index in [0.29, 0.717) is 12.3 Å². The van der Waals surface area contributed by atoms with Gasteiger partial charge in [0.2, 0.25) is 0 Å². The third-order valence-electron chi connectivity index (χ3n) is 3.93. The number of hydrogen-bond donors (Lipinski definition) is 1. The van der Waals surface area contributed by atoms with Crippen LogP contribution in [0.2, 0.25) is 0 Å². The largest absolute Gasteiger partial charge is 0.322 e. The number of rotatable bonds is 6. The molecule has 0 aliphatic heterocycles. The van der Waals surface area contributed by atoms with Gasteiger partial charge in [-0.3, -0.25) is 4.79 Å². The van der Waals surface area contributed by atoms with Crippen LogP contribution < -0.4 is 5.32 Å². The van der Waals surface area contributed by atoms with Crippen LogP contribution in [0.1, 0.15) is 20.1 Å². The normalized spacial score (nSPS) is 10.8. The van der Waals surface area contributed by atoms with Crippen LogP contribution >= 0.6 is 11.3 Å². The number of aryl methyl sites for hydroxylation is 1. The number of benzene rings is 2. The quantitative estimate of drug-likeness (QED) is 0.458. The molecule has 4 nitrogen and oxygen atoms in total. The van der Waals surface area contributed by atoms with Gasteiger partial charge in [0.1, 0.15) is 23.8 Å². The van der Waals surface area contributed by atoms with Crippen molar-refractivity contribution in [1.82, 2.24) is 0 Å². The lowest BCUT2D eigenvalue weighted by molar-refractivity contribution is -0.281. The fourth-order valence-electron chi connectivity index (χ4n) is 2.66. The molecule has 0 fully saturated rings. The molecule has 3 rings (SSSR count). The van der Waals surface area contributed by atoms with Gasteiger partial charge in [-0.2, -0.15) is 0 Å². The second-order valence-corrected chi connectivity index (χ2v) is 7.08. The van der Waals surface area contributed by atoms with Crippen LogP contribution in [-0.2, 0) is 16.4 Å². The number of amides is 1. The number of hydrogen-bond acceptors (Lipinski definition) is 4. The molecule has 1 heterocycles. The Morgan fingerprint density at radius 2 is 1.78 bits per heavy atom. The van der Waals surface area contributed by atoms with Gasteiger partial charge in [-0.25, -0.2) is 18.6 Å². The van der Waals surface area contributed by atoms with Crippen molar-refractivity contribution in [1.29, 1.82) is 0 Å². The fourth-order valence-corrected chi connectivity index (χ4v) is 3.62. The van der Waals surface area contributed by atoms with Crippen LogP contribution in [0.15, 0.2) is 48.5 Å². The minimum atomic E-state index is -0.899. The number of carbonyl (C=O) groups is 1. The number of anilines is 1. The van der Waals surface area contributed by atoms with Crippen molar-refractivity contribution in [2.24, 2.45) is 0 Å². The van der Waals surface area contributed by atoms with E-state index in [1.54, 1.807) is 23.5 Å². The van der Waals surface area contributed by atoms with Gasteiger partial charge < -0.3 is 5.32 Å². The minimum Gasteiger partial charge on any atom is -0.322 e. The molecule has 0 aliphatic rings. The van der Waals surface area contributed by atoms with Crippen LogP contribution in [0.25, 0.3) is 11.1 Å². The molecule has 0 bridgehead atoms. The maximum Gasteiger partial charge on any atom is 0.261 e. The van der Waals surface area contributed by atoms with Gasteiger partial charge in [0, 0.05) is 15.4 Å². The average molecular weight is 389 g/mol. The van der Waals surface area contributed by atoms with Gasteiger partial charge in [0.25, 0.3) is 5.91 Å². The molecular formula is C20H17F2NO3S. The highest BCUT2D eigenvalue weighted by Crippen LogP contribution is 2.32. The van der Waals surface area contributed by atoms with E-state index < -0.39 is 23.1 Å². The molecule has 140 valence electrons. The van der Waals surface area contributed by atoms with E-state index in [4.69, 9.17) is 4.89 Å². The SMILES string of the molecule is COOCc1cc(-c2ccc(NC(=O)c3c(F)cccc3F)cc2)c(C)s1. The highest BCUT2D eigenvalue weighted by Gasteiger charge is 2.17. The topological polar surface area (TPSA) is 47.6 Å². The van der Waals surface area contributed by atoms with E-state index >= 15 is 0 Å². The van der Waals surface area contributed by atoms with Crippen molar-refractivity contribution >= 4 is 22.9 Å². The van der Waals surface area contributed by atoms with Crippen molar-refractivity contribution < 1.29 is 23.4 Å². The first-order valence-electron chi connectivity index (χ1n) is 8.10. The van der Waals surface area contributed by atoms with Gasteiger partial charge in [0.15, 0.2) is 0 Å². The second-order valence-electron chi connectivity index (χ2n) is 5.74. The summed E-state index contributed by atoms with van der Waals surface area (Å²) in [5.41, 5.74) is 1.86. The van der Waals surface area contributed by atoms with Gasteiger partial charge in [-0.1, -0.05) is 18.2 Å². The first-order valence-corrected chi connectivity index (χ1v) is 8.92. The zero-order valence-electron chi connectivity index (χ0n) is 14.7. The molecule has 1 amide bonds. The molecule has 0 aliphatic carbocycles. The molecule has 0 radical (unpaired) electrons. The third-order valence-corrected chi connectivity index (χ3v) is 4.96. The zero-order chi connectivity index (χ0) is 19.4. The first-order chi connectivity index (χ1) is 13.0. The molecule has 1 N–H and O–H groups in total. The van der Waals surface area contributed by atoms with E-state index in [1.807, 2.05) is 25.1 Å². The monoisotopic (exact) mass is 389 g/mol. The maximum absolute atomic E-state index is 13.7. The number of nitrogens with one attached hydrogen (secondary N) is 1. The summed E-state index contributed by atoms with van der Waals surface area (Å²) >= 11 is 1.61. The van der Waals surface area contributed by atoms with Gasteiger partial charge in [-0.15, -0.1) is 11.3 Å². The van der Waals surface area contributed by atoms with E-state index in [0.717, 1.165) is 33.0 Å². The summed E-state index contributed by atoms with van der Waals surface area (Å²) in [6.45, 7) is 2.37. The van der Waals surface area contributed by atoms with Crippen molar-refractivity contribution in [3.05, 3.63) is 75.5 Å².